The summed E-state index contributed by atoms with van der Waals surface area (Å²) < 4.78 is 15.2. The van der Waals surface area contributed by atoms with Crippen molar-refractivity contribution in [3.8, 4) is 22.5 Å². The van der Waals surface area contributed by atoms with Gasteiger partial charge in [-0.15, -0.1) is 0 Å². The number of aromatic amines is 1. The highest BCUT2D eigenvalue weighted by atomic mass is 19.1. The molecule has 1 aromatic carbocycles. The van der Waals surface area contributed by atoms with Crippen LogP contribution in [-0.4, -0.2) is 38.0 Å². The third-order valence-electron chi connectivity index (χ3n) is 4.58. The fourth-order valence-corrected chi connectivity index (χ4v) is 3.02. The Bertz CT molecular complexity index is 847. The maximum atomic E-state index is 13.5. The quantitative estimate of drug-likeness (QED) is 0.784. The van der Waals surface area contributed by atoms with E-state index < -0.39 is 6.67 Å². The molecular formula is C18H20FN5. The van der Waals surface area contributed by atoms with Gasteiger partial charge in [-0.25, -0.2) is 4.39 Å². The molecule has 1 aliphatic rings. The van der Waals surface area contributed by atoms with Gasteiger partial charge in [-0.1, -0.05) is 12.1 Å². The monoisotopic (exact) mass is 325 g/mol. The number of rotatable bonds is 5. The van der Waals surface area contributed by atoms with Crippen molar-refractivity contribution >= 4 is 0 Å². The number of halogens is 1. The number of nitrogens with one attached hydrogen (secondary N) is 1. The van der Waals surface area contributed by atoms with Crippen LogP contribution in [0.15, 0.2) is 36.7 Å². The van der Waals surface area contributed by atoms with Crippen LogP contribution in [0, 0.1) is 0 Å². The van der Waals surface area contributed by atoms with E-state index in [0.29, 0.717) is 0 Å². The van der Waals surface area contributed by atoms with Crippen molar-refractivity contribution in [1.29, 1.82) is 0 Å². The molecule has 0 spiro atoms. The van der Waals surface area contributed by atoms with E-state index in [1.807, 2.05) is 37.5 Å². The number of aromatic nitrogens is 4. The topological polar surface area (TPSA) is 49.7 Å². The summed E-state index contributed by atoms with van der Waals surface area (Å²) >= 11 is 0. The molecule has 3 aromatic rings. The van der Waals surface area contributed by atoms with Crippen LogP contribution in [0.5, 0.6) is 0 Å². The van der Waals surface area contributed by atoms with E-state index in [9.17, 15) is 4.39 Å². The normalized spacial score (nSPS) is 14.8. The summed E-state index contributed by atoms with van der Waals surface area (Å²) in [5, 5.41) is 11.6. The summed E-state index contributed by atoms with van der Waals surface area (Å²) in [7, 11) is 1.88. The Morgan fingerprint density at radius 3 is 2.71 bits per heavy atom. The molecule has 0 atom stereocenters. The summed E-state index contributed by atoms with van der Waals surface area (Å²) in [6, 6.07) is 7.97. The predicted octanol–water partition coefficient (Wildman–Crippen LogP) is 3.15. The van der Waals surface area contributed by atoms with Crippen LogP contribution in [-0.2, 0) is 20.3 Å². The van der Waals surface area contributed by atoms with Gasteiger partial charge in [0.1, 0.15) is 6.67 Å². The molecule has 24 heavy (non-hydrogen) atoms. The van der Waals surface area contributed by atoms with Crippen molar-refractivity contribution in [2.24, 2.45) is 7.05 Å². The van der Waals surface area contributed by atoms with E-state index in [1.165, 1.54) is 6.42 Å². The molecule has 1 saturated heterocycles. The van der Waals surface area contributed by atoms with E-state index >= 15 is 0 Å². The van der Waals surface area contributed by atoms with Crippen molar-refractivity contribution in [3.05, 3.63) is 47.8 Å². The van der Waals surface area contributed by atoms with Crippen molar-refractivity contribution in [2.45, 2.75) is 19.6 Å². The van der Waals surface area contributed by atoms with E-state index in [4.69, 9.17) is 0 Å². The highest BCUT2D eigenvalue weighted by molar-refractivity contribution is 5.68. The van der Waals surface area contributed by atoms with Crippen molar-refractivity contribution in [3.63, 3.8) is 0 Å². The molecule has 3 heterocycles. The third-order valence-corrected chi connectivity index (χ3v) is 4.58. The number of benzene rings is 1. The van der Waals surface area contributed by atoms with E-state index in [1.54, 1.807) is 10.9 Å². The van der Waals surface area contributed by atoms with Gasteiger partial charge in [0.05, 0.1) is 17.6 Å². The average molecular weight is 325 g/mol. The second kappa shape index (κ2) is 6.20. The number of aryl methyl sites for hydroxylation is 1. The minimum Gasteiger partial charge on any atom is -0.299 e. The first-order chi connectivity index (χ1) is 11.7. The van der Waals surface area contributed by atoms with Gasteiger partial charge in [0, 0.05) is 25.4 Å². The lowest BCUT2D eigenvalue weighted by Gasteiger charge is -2.31. The SMILES string of the molecule is Cn1cc(-c2cc(-c3ccc(CN4CCC4)c(CF)c3)[nH]n2)cn1. The zero-order valence-corrected chi connectivity index (χ0v) is 13.7. The van der Waals surface area contributed by atoms with Gasteiger partial charge in [-0.05, 0) is 48.3 Å². The Hall–Kier alpha value is -2.47. The predicted molar refractivity (Wildman–Crippen MR) is 90.9 cm³/mol. The Kier molecular flexibility index (Phi) is 3.90. The molecule has 0 amide bonds. The number of likely N-dealkylation sites (tertiary alicyclic amines) is 1. The Morgan fingerprint density at radius 2 is 2.04 bits per heavy atom. The van der Waals surface area contributed by atoms with Gasteiger partial charge in [0.2, 0.25) is 0 Å². The molecule has 0 radical (unpaired) electrons. The molecule has 0 bridgehead atoms. The first kappa shape index (κ1) is 15.1. The summed E-state index contributed by atoms with van der Waals surface area (Å²) in [4.78, 5) is 2.34. The number of hydrogen-bond donors (Lipinski definition) is 1. The van der Waals surface area contributed by atoms with E-state index in [0.717, 1.165) is 53.3 Å². The van der Waals surface area contributed by atoms with E-state index in [2.05, 4.69) is 20.2 Å². The van der Waals surface area contributed by atoms with Gasteiger partial charge in [-0.3, -0.25) is 14.7 Å². The molecule has 1 N–H and O–H groups in total. The van der Waals surface area contributed by atoms with Gasteiger partial charge in [0.25, 0.3) is 0 Å². The number of nitrogens with zero attached hydrogens (tertiary/aromatic N) is 4. The van der Waals surface area contributed by atoms with Crippen molar-refractivity contribution < 1.29 is 4.39 Å². The number of H-pyrrole nitrogens is 1. The Labute approximate surface area is 140 Å². The first-order valence-corrected chi connectivity index (χ1v) is 8.18. The minimum absolute atomic E-state index is 0.444. The molecule has 0 saturated carbocycles. The molecule has 6 heteroatoms. The maximum Gasteiger partial charge on any atom is 0.115 e. The second-order valence-electron chi connectivity index (χ2n) is 6.32. The highest BCUT2D eigenvalue weighted by Gasteiger charge is 2.16. The zero-order valence-electron chi connectivity index (χ0n) is 13.7. The van der Waals surface area contributed by atoms with Gasteiger partial charge in [-0.2, -0.15) is 10.2 Å². The summed E-state index contributed by atoms with van der Waals surface area (Å²) in [5.74, 6) is 0. The highest BCUT2D eigenvalue weighted by Crippen LogP contribution is 2.27. The summed E-state index contributed by atoms with van der Waals surface area (Å²) in [6.45, 7) is 2.62. The van der Waals surface area contributed by atoms with Crippen molar-refractivity contribution in [1.82, 2.24) is 24.9 Å². The fourth-order valence-electron chi connectivity index (χ4n) is 3.02. The molecular weight excluding hydrogens is 305 g/mol. The van der Waals surface area contributed by atoms with Gasteiger partial charge in [0.15, 0.2) is 0 Å². The number of hydrogen-bond acceptors (Lipinski definition) is 3. The number of alkyl halides is 1. The van der Waals surface area contributed by atoms with Crippen LogP contribution in [0.1, 0.15) is 17.5 Å². The van der Waals surface area contributed by atoms with Crippen LogP contribution in [0.2, 0.25) is 0 Å². The minimum atomic E-state index is -0.444. The molecule has 0 unspecified atom stereocenters. The molecule has 1 fully saturated rings. The van der Waals surface area contributed by atoms with Gasteiger partial charge < -0.3 is 0 Å². The molecule has 124 valence electrons. The lowest BCUT2D eigenvalue weighted by Crippen LogP contribution is -2.36. The average Bonchev–Trinajstić information content (AvgIpc) is 3.19. The van der Waals surface area contributed by atoms with Crippen LogP contribution in [0.4, 0.5) is 4.39 Å². The van der Waals surface area contributed by atoms with Crippen LogP contribution >= 0.6 is 0 Å². The molecule has 1 aliphatic heterocycles. The zero-order chi connectivity index (χ0) is 16.5. The molecule has 0 aliphatic carbocycles. The third kappa shape index (κ3) is 2.85. The van der Waals surface area contributed by atoms with Crippen LogP contribution in [0.25, 0.3) is 22.5 Å². The van der Waals surface area contributed by atoms with Crippen molar-refractivity contribution in [2.75, 3.05) is 13.1 Å². The molecule has 4 rings (SSSR count). The van der Waals surface area contributed by atoms with Gasteiger partial charge >= 0.3 is 0 Å². The lowest BCUT2D eigenvalue weighted by molar-refractivity contribution is 0.172. The Morgan fingerprint density at radius 1 is 1.17 bits per heavy atom. The maximum absolute atomic E-state index is 13.5. The van der Waals surface area contributed by atoms with Crippen LogP contribution < -0.4 is 0 Å². The van der Waals surface area contributed by atoms with E-state index in [-0.39, 0.29) is 0 Å². The largest absolute Gasteiger partial charge is 0.299 e. The molecule has 2 aromatic heterocycles. The summed E-state index contributed by atoms with van der Waals surface area (Å²) in [5.41, 5.74) is 5.48. The smallest absolute Gasteiger partial charge is 0.115 e. The van der Waals surface area contributed by atoms with Crippen LogP contribution in [0.3, 0.4) is 0 Å². The molecule has 5 nitrogen and oxygen atoms in total. The Balaban J connectivity index is 1.60. The standard InChI is InChI=1S/C18H20FN5/c1-23-11-16(10-20-23)18-8-17(21-22-18)13-3-4-14(15(7-13)9-19)12-24-5-2-6-24/h3-4,7-8,10-11H,2,5-6,9,12H2,1H3,(H,21,22). The first-order valence-electron chi connectivity index (χ1n) is 8.18. The second-order valence-corrected chi connectivity index (χ2v) is 6.32. The lowest BCUT2D eigenvalue weighted by atomic mass is 10.0. The summed E-state index contributed by atoms with van der Waals surface area (Å²) in [6.07, 6.45) is 4.94. The fraction of sp³-hybridized carbons (Fsp3) is 0.333.